The molecule has 1 aliphatic rings. The molecule has 21 heavy (non-hydrogen) atoms. The van der Waals surface area contributed by atoms with Crippen LogP contribution in [0.5, 0.6) is 0 Å². The second-order valence-electron chi connectivity index (χ2n) is 5.97. The van der Waals surface area contributed by atoms with Crippen LogP contribution in [0.1, 0.15) is 12.0 Å². The van der Waals surface area contributed by atoms with E-state index in [2.05, 4.69) is 29.0 Å². The summed E-state index contributed by atoms with van der Waals surface area (Å²) in [6, 6.07) is 6.19. The molecule has 1 saturated heterocycles. The predicted molar refractivity (Wildman–Crippen MR) is 87.6 cm³/mol. The Hall–Kier alpha value is -1.75. The zero-order chi connectivity index (χ0) is 15.4. The SMILES string of the molecule is CN1CCN(c2ccc(CCC(=O)N(C)C)cc2N)CC1. The molecule has 1 amide bonds. The number of aryl methyl sites for hydroxylation is 1. The first-order valence-corrected chi connectivity index (χ1v) is 7.49. The number of amides is 1. The van der Waals surface area contributed by atoms with Crippen LogP contribution in [-0.2, 0) is 11.2 Å². The molecule has 5 nitrogen and oxygen atoms in total. The number of piperazine rings is 1. The van der Waals surface area contributed by atoms with Crippen LogP contribution in [0.4, 0.5) is 11.4 Å². The minimum Gasteiger partial charge on any atom is -0.397 e. The molecular formula is C16H26N4O. The van der Waals surface area contributed by atoms with Crippen LogP contribution in [0.2, 0.25) is 0 Å². The number of rotatable bonds is 4. The second kappa shape index (κ2) is 6.80. The summed E-state index contributed by atoms with van der Waals surface area (Å²) in [6.07, 6.45) is 1.27. The van der Waals surface area contributed by atoms with Gasteiger partial charge in [0.1, 0.15) is 0 Å². The van der Waals surface area contributed by atoms with Gasteiger partial charge >= 0.3 is 0 Å². The van der Waals surface area contributed by atoms with E-state index in [1.165, 1.54) is 0 Å². The van der Waals surface area contributed by atoms with Crippen molar-refractivity contribution in [2.45, 2.75) is 12.8 Å². The highest BCUT2D eigenvalue weighted by Gasteiger charge is 2.16. The van der Waals surface area contributed by atoms with Gasteiger partial charge in [0.2, 0.25) is 5.91 Å². The molecule has 0 radical (unpaired) electrons. The molecule has 5 heteroatoms. The fourth-order valence-electron chi connectivity index (χ4n) is 2.57. The summed E-state index contributed by atoms with van der Waals surface area (Å²) < 4.78 is 0. The monoisotopic (exact) mass is 290 g/mol. The first kappa shape index (κ1) is 15.6. The zero-order valence-corrected chi connectivity index (χ0v) is 13.3. The molecule has 1 heterocycles. The summed E-state index contributed by atoms with van der Waals surface area (Å²) in [4.78, 5) is 17.9. The molecule has 0 saturated carbocycles. The smallest absolute Gasteiger partial charge is 0.222 e. The van der Waals surface area contributed by atoms with Crippen molar-refractivity contribution in [1.82, 2.24) is 9.80 Å². The van der Waals surface area contributed by atoms with Gasteiger partial charge in [0.05, 0.1) is 11.4 Å². The summed E-state index contributed by atoms with van der Waals surface area (Å²) in [5.74, 6) is 0.150. The molecule has 0 spiro atoms. The Balaban J connectivity index is 1.99. The Morgan fingerprint density at radius 1 is 1.24 bits per heavy atom. The maximum atomic E-state index is 11.6. The van der Waals surface area contributed by atoms with Gasteiger partial charge in [0.25, 0.3) is 0 Å². The van der Waals surface area contributed by atoms with Crippen molar-refractivity contribution in [1.29, 1.82) is 0 Å². The third-order valence-electron chi connectivity index (χ3n) is 4.06. The van der Waals surface area contributed by atoms with Crippen LogP contribution in [0.15, 0.2) is 18.2 Å². The topological polar surface area (TPSA) is 52.8 Å². The molecule has 1 aromatic carbocycles. The largest absolute Gasteiger partial charge is 0.397 e. The highest BCUT2D eigenvalue weighted by molar-refractivity contribution is 5.76. The van der Waals surface area contributed by atoms with Crippen LogP contribution in [0.25, 0.3) is 0 Å². The standard InChI is InChI=1S/C16H26N4O/c1-18(2)16(21)7-5-13-4-6-15(14(17)12-13)20-10-8-19(3)9-11-20/h4,6,12H,5,7-11,17H2,1-3H3. The molecule has 2 N–H and O–H groups in total. The Bertz CT molecular complexity index is 493. The average Bonchev–Trinajstić information content (AvgIpc) is 2.46. The number of likely N-dealkylation sites (N-methyl/N-ethyl adjacent to an activating group) is 1. The van der Waals surface area contributed by atoms with E-state index < -0.39 is 0 Å². The molecule has 0 aliphatic carbocycles. The Morgan fingerprint density at radius 2 is 1.90 bits per heavy atom. The zero-order valence-electron chi connectivity index (χ0n) is 13.3. The lowest BCUT2D eigenvalue weighted by atomic mass is 10.1. The van der Waals surface area contributed by atoms with E-state index in [9.17, 15) is 4.79 Å². The highest BCUT2D eigenvalue weighted by Crippen LogP contribution is 2.25. The minimum absolute atomic E-state index is 0.150. The summed E-state index contributed by atoms with van der Waals surface area (Å²) in [6.45, 7) is 4.16. The van der Waals surface area contributed by atoms with Crippen LogP contribution < -0.4 is 10.6 Å². The van der Waals surface area contributed by atoms with E-state index >= 15 is 0 Å². The maximum Gasteiger partial charge on any atom is 0.222 e. The van der Waals surface area contributed by atoms with Gasteiger partial charge in [-0.05, 0) is 31.2 Å². The molecule has 116 valence electrons. The number of nitrogen functional groups attached to an aromatic ring is 1. The number of carbonyl (C=O) groups excluding carboxylic acids is 1. The van der Waals surface area contributed by atoms with E-state index in [0.717, 1.165) is 49.5 Å². The molecule has 0 bridgehead atoms. The van der Waals surface area contributed by atoms with E-state index in [1.54, 1.807) is 19.0 Å². The first-order chi connectivity index (χ1) is 9.97. The van der Waals surface area contributed by atoms with E-state index in [4.69, 9.17) is 5.73 Å². The van der Waals surface area contributed by atoms with Crippen molar-refractivity contribution < 1.29 is 4.79 Å². The maximum absolute atomic E-state index is 11.6. The Morgan fingerprint density at radius 3 is 2.48 bits per heavy atom. The molecule has 2 rings (SSSR count). The van der Waals surface area contributed by atoms with Gasteiger partial charge < -0.3 is 20.4 Å². The Kier molecular flexibility index (Phi) is 5.07. The lowest BCUT2D eigenvalue weighted by molar-refractivity contribution is -0.128. The van der Waals surface area contributed by atoms with E-state index in [0.29, 0.717) is 6.42 Å². The van der Waals surface area contributed by atoms with Crippen molar-refractivity contribution >= 4 is 17.3 Å². The van der Waals surface area contributed by atoms with Crippen LogP contribution >= 0.6 is 0 Å². The number of benzene rings is 1. The molecule has 1 fully saturated rings. The van der Waals surface area contributed by atoms with Crippen molar-refractivity contribution in [2.75, 3.05) is 58.0 Å². The molecular weight excluding hydrogens is 264 g/mol. The third kappa shape index (κ3) is 4.11. The van der Waals surface area contributed by atoms with Crippen molar-refractivity contribution in [3.8, 4) is 0 Å². The van der Waals surface area contributed by atoms with Crippen molar-refractivity contribution in [2.24, 2.45) is 0 Å². The van der Waals surface area contributed by atoms with Gasteiger partial charge in [-0.25, -0.2) is 0 Å². The average molecular weight is 290 g/mol. The van der Waals surface area contributed by atoms with Gasteiger partial charge in [0.15, 0.2) is 0 Å². The minimum atomic E-state index is 0.150. The molecule has 1 aromatic rings. The lowest BCUT2D eigenvalue weighted by Gasteiger charge is -2.34. The van der Waals surface area contributed by atoms with Gasteiger partial charge in [-0.1, -0.05) is 6.07 Å². The fraction of sp³-hybridized carbons (Fsp3) is 0.562. The number of hydrogen-bond acceptors (Lipinski definition) is 4. The summed E-state index contributed by atoms with van der Waals surface area (Å²) in [5, 5.41) is 0. The number of hydrogen-bond donors (Lipinski definition) is 1. The van der Waals surface area contributed by atoms with E-state index in [1.807, 2.05) is 6.07 Å². The molecule has 1 aliphatic heterocycles. The molecule has 0 atom stereocenters. The molecule has 0 unspecified atom stereocenters. The third-order valence-corrected chi connectivity index (χ3v) is 4.06. The number of carbonyl (C=O) groups is 1. The fourth-order valence-corrected chi connectivity index (χ4v) is 2.57. The van der Waals surface area contributed by atoms with Gasteiger partial charge in [-0.2, -0.15) is 0 Å². The second-order valence-corrected chi connectivity index (χ2v) is 5.97. The van der Waals surface area contributed by atoms with Crippen LogP contribution in [-0.4, -0.2) is 63.0 Å². The summed E-state index contributed by atoms with van der Waals surface area (Å²) >= 11 is 0. The first-order valence-electron chi connectivity index (χ1n) is 7.49. The number of nitrogens with two attached hydrogens (primary N) is 1. The normalized spacial score (nSPS) is 16.0. The summed E-state index contributed by atoms with van der Waals surface area (Å²) in [5.41, 5.74) is 9.26. The number of nitrogens with zero attached hydrogens (tertiary/aromatic N) is 3. The van der Waals surface area contributed by atoms with E-state index in [-0.39, 0.29) is 5.91 Å². The number of anilines is 2. The van der Waals surface area contributed by atoms with Crippen LogP contribution in [0, 0.1) is 0 Å². The van der Waals surface area contributed by atoms with Crippen LogP contribution in [0.3, 0.4) is 0 Å². The highest BCUT2D eigenvalue weighted by atomic mass is 16.2. The predicted octanol–water partition coefficient (Wildman–Crippen LogP) is 1.04. The summed E-state index contributed by atoms with van der Waals surface area (Å²) in [7, 11) is 5.71. The lowest BCUT2D eigenvalue weighted by Crippen LogP contribution is -2.44. The molecule has 0 aromatic heterocycles. The quantitative estimate of drug-likeness (QED) is 0.842. The van der Waals surface area contributed by atoms with Gasteiger partial charge in [0, 0.05) is 46.7 Å². The Labute approximate surface area is 127 Å². The van der Waals surface area contributed by atoms with Crippen molar-refractivity contribution in [3.05, 3.63) is 23.8 Å². The van der Waals surface area contributed by atoms with Gasteiger partial charge in [-0.3, -0.25) is 4.79 Å². The van der Waals surface area contributed by atoms with Gasteiger partial charge in [-0.15, -0.1) is 0 Å². The van der Waals surface area contributed by atoms with Crippen molar-refractivity contribution in [3.63, 3.8) is 0 Å².